The van der Waals surface area contributed by atoms with E-state index in [0.717, 1.165) is 0 Å². The van der Waals surface area contributed by atoms with Crippen molar-refractivity contribution in [1.29, 1.82) is 5.26 Å². The highest BCUT2D eigenvalue weighted by Gasteiger charge is 2.05. The summed E-state index contributed by atoms with van der Waals surface area (Å²) in [6, 6.07) is 7.09. The van der Waals surface area contributed by atoms with Crippen LogP contribution in [0.15, 0.2) is 18.2 Å². The predicted octanol–water partition coefficient (Wildman–Crippen LogP) is 1.63. The minimum Gasteiger partial charge on any atom is -0.493 e. The average molecular weight is 295 g/mol. The molecule has 0 heterocycles. The zero-order valence-corrected chi connectivity index (χ0v) is 12.5. The van der Waals surface area contributed by atoms with E-state index in [1.54, 1.807) is 25.3 Å². The SMILES string of the molecule is COCCOCCOCCOc1ccc(C#N)cc1OC. The van der Waals surface area contributed by atoms with Crippen molar-refractivity contribution in [2.45, 2.75) is 0 Å². The normalized spacial score (nSPS) is 10.1. The Bertz CT molecular complexity index is 444. The molecule has 0 aromatic heterocycles. The summed E-state index contributed by atoms with van der Waals surface area (Å²) < 4.78 is 26.2. The molecule has 0 aliphatic rings. The summed E-state index contributed by atoms with van der Waals surface area (Å²) in [4.78, 5) is 0. The van der Waals surface area contributed by atoms with E-state index in [2.05, 4.69) is 6.07 Å². The van der Waals surface area contributed by atoms with Gasteiger partial charge in [-0.2, -0.15) is 5.26 Å². The minimum absolute atomic E-state index is 0.403. The third-order valence-electron chi connectivity index (χ3n) is 2.58. The lowest BCUT2D eigenvalue weighted by Gasteiger charge is -2.11. The Labute approximate surface area is 125 Å². The molecular weight excluding hydrogens is 274 g/mol. The van der Waals surface area contributed by atoms with Crippen LogP contribution in [-0.2, 0) is 14.2 Å². The van der Waals surface area contributed by atoms with Crippen LogP contribution in [-0.4, -0.2) is 53.9 Å². The van der Waals surface area contributed by atoms with Crippen molar-refractivity contribution >= 4 is 0 Å². The van der Waals surface area contributed by atoms with Crippen LogP contribution < -0.4 is 9.47 Å². The number of benzene rings is 1. The molecule has 0 unspecified atom stereocenters. The molecule has 0 atom stereocenters. The molecule has 0 aliphatic carbocycles. The van der Waals surface area contributed by atoms with Gasteiger partial charge in [-0.15, -0.1) is 0 Å². The van der Waals surface area contributed by atoms with Crippen LogP contribution in [0.4, 0.5) is 0 Å². The van der Waals surface area contributed by atoms with Gasteiger partial charge in [-0.3, -0.25) is 0 Å². The van der Waals surface area contributed by atoms with Crippen LogP contribution >= 0.6 is 0 Å². The number of nitriles is 1. The molecule has 1 aromatic rings. The number of hydrogen-bond donors (Lipinski definition) is 0. The number of rotatable bonds is 11. The fraction of sp³-hybridized carbons (Fsp3) is 0.533. The molecule has 0 bridgehead atoms. The Balaban J connectivity index is 2.17. The van der Waals surface area contributed by atoms with Gasteiger partial charge in [-0.1, -0.05) is 0 Å². The molecule has 0 saturated carbocycles. The van der Waals surface area contributed by atoms with E-state index in [1.807, 2.05) is 0 Å². The summed E-state index contributed by atoms with van der Waals surface area (Å²) in [7, 11) is 3.17. The molecule has 1 aromatic carbocycles. The van der Waals surface area contributed by atoms with E-state index in [9.17, 15) is 0 Å². The van der Waals surface area contributed by atoms with Crippen molar-refractivity contribution in [3.05, 3.63) is 23.8 Å². The molecule has 0 aliphatic heterocycles. The predicted molar refractivity (Wildman–Crippen MR) is 76.7 cm³/mol. The van der Waals surface area contributed by atoms with Crippen LogP contribution in [0.2, 0.25) is 0 Å². The molecule has 0 spiro atoms. The standard InChI is InChI=1S/C15H21NO5/c1-17-5-6-19-7-8-20-9-10-21-14-4-3-13(12-16)11-15(14)18-2/h3-4,11H,5-10H2,1-2H3. The summed E-state index contributed by atoms with van der Waals surface area (Å²) >= 11 is 0. The lowest BCUT2D eigenvalue weighted by atomic mass is 10.2. The van der Waals surface area contributed by atoms with Crippen LogP contribution in [0.25, 0.3) is 0 Å². The number of methoxy groups -OCH3 is 2. The van der Waals surface area contributed by atoms with Gasteiger partial charge in [0.25, 0.3) is 0 Å². The number of nitrogens with zero attached hydrogens (tertiary/aromatic N) is 1. The van der Waals surface area contributed by atoms with Crippen LogP contribution in [0.5, 0.6) is 11.5 Å². The Morgan fingerprint density at radius 2 is 1.57 bits per heavy atom. The van der Waals surface area contributed by atoms with E-state index < -0.39 is 0 Å². The molecule has 21 heavy (non-hydrogen) atoms. The first-order chi connectivity index (χ1) is 10.3. The van der Waals surface area contributed by atoms with Gasteiger partial charge in [0, 0.05) is 13.2 Å². The molecular formula is C15H21NO5. The van der Waals surface area contributed by atoms with E-state index >= 15 is 0 Å². The molecule has 1 rings (SSSR count). The first-order valence-corrected chi connectivity index (χ1v) is 6.67. The van der Waals surface area contributed by atoms with Gasteiger partial charge in [0.05, 0.1) is 51.8 Å². The smallest absolute Gasteiger partial charge is 0.162 e. The lowest BCUT2D eigenvalue weighted by molar-refractivity contribution is 0.0178. The fourth-order valence-corrected chi connectivity index (χ4v) is 1.53. The van der Waals surface area contributed by atoms with E-state index in [1.165, 1.54) is 7.11 Å². The van der Waals surface area contributed by atoms with E-state index in [-0.39, 0.29) is 0 Å². The van der Waals surface area contributed by atoms with Crippen molar-refractivity contribution in [2.75, 3.05) is 53.9 Å². The van der Waals surface area contributed by atoms with Gasteiger partial charge in [-0.25, -0.2) is 0 Å². The summed E-state index contributed by atoms with van der Waals surface area (Å²) in [6.45, 7) is 3.05. The second-order valence-electron chi connectivity index (χ2n) is 4.04. The molecule has 0 fully saturated rings. The topological polar surface area (TPSA) is 69.9 Å². The van der Waals surface area contributed by atoms with Crippen molar-refractivity contribution in [2.24, 2.45) is 0 Å². The maximum atomic E-state index is 8.81. The third kappa shape index (κ3) is 6.95. The quantitative estimate of drug-likeness (QED) is 0.578. The Morgan fingerprint density at radius 3 is 2.19 bits per heavy atom. The molecule has 0 N–H and O–H groups in total. The average Bonchev–Trinajstić information content (AvgIpc) is 2.53. The summed E-state index contributed by atoms with van der Waals surface area (Å²) in [5.74, 6) is 1.13. The van der Waals surface area contributed by atoms with Crippen LogP contribution in [0.3, 0.4) is 0 Å². The highest BCUT2D eigenvalue weighted by atomic mass is 16.6. The van der Waals surface area contributed by atoms with Crippen molar-refractivity contribution in [3.63, 3.8) is 0 Å². The molecule has 6 nitrogen and oxygen atoms in total. The second kappa shape index (κ2) is 10.9. The molecule has 0 amide bonds. The van der Waals surface area contributed by atoms with Crippen molar-refractivity contribution < 1.29 is 23.7 Å². The molecule has 6 heteroatoms. The maximum Gasteiger partial charge on any atom is 0.162 e. The van der Waals surface area contributed by atoms with Gasteiger partial charge in [0.2, 0.25) is 0 Å². The Hall–Kier alpha value is -1.81. The zero-order valence-electron chi connectivity index (χ0n) is 12.5. The number of hydrogen-bond acceptors (Lipinski definition) is 6. The van der Waals surface area contributed by atoms with Gasteiger partial charge < -0.3 is 23.7 Å². The highest BCUT2D eigenvalue weighted by Crippen LogP contribution is 2.27. The summed E-state index contributed by atoms with van der Waals surface area (Å²) in [5, 5.41) is 8.81. The van der Waals surface area contributed by atoms with Gasteiger partial charge in [0.15, 0.2) is 11.5 Å². The molecule has 116 valence electrons. The third-order valence-corrected chi connectivity index (χ3v) is 2.58. The van der Waals surface area contributed by atoms with Crippen LogP contribution in [0, 0.1) is 11.3 Å². The monoisotopic (exact) mass is 295 g/mol. The van der Waals surface area contributed by atoms with E-state index in [0.29, 0.717) is 56.7 Å². The van der Waals surface area contributed by atoms with Crippen molar-refractivity contribution in [3.8, 4) is 17.6 Å². The van der Waals surface area contributed by atoms with Gasteiger partial charge in [0.1, 0.15) is 6.61 Å². The van der Waals surface area contributed by atoms with Crippen LogP contribution in [0.1, 0.15) is 5.56 Å². The van der Waals surface area contributed by atoms with Crippen molar-refractivity contribution in [1.82, 2.24) is 0 Å². The summed E-state index contributed by atoms with van der Waals surface area (Å²) in [5.41, 5.74) is 0.531. The fourth-order valence-electron chi connectivity index (χ4n) is 1.53. The maximum absolute atomic E-state index is 8.81. The lowest BCUT2D eigenvalue weighted by Crippen LogP contribution is -2.12. The van der Waals surface area contributed by atoms with E-state index in [4.69, 9.17) is 28.9 Å². The molecule has 0 radical (unpaired) electrons. The zero-order chi connectivity index (χ0) is 15.3. The Morgan fingerprint density at radius 1 is 0.905 bits per heavy atom. The Kier molecular flexibility index (Phi) is 8.96. The highest BCUT2D eigenvalue weighted by molar-refractivity contribution is 5.46. The van der Waals surface area contributed by atoms with Gasteiger partial charge >= 0.3 is 0 Å². The second-order valence-corrected chi connectivity index (χ2v) is 4.04. The first kappa shape index (κ1) is 17.2. The summed E-state index contributed by atoms with van der Waals surface area (Å²) in [6.07, 6.45) is 0. The van der Waals surface area contributed by atoms with Gasteiger partial charge in [-0.05, 0) is 12.1 Å². The number of ether oxygens (including phenoxy) is 5. The minimum atomic E-state index is 0.403. The molecule has 0 saturated heterocycles. The largest absolute Gasteiger partial charge is 0.493 e. The first-order valence-electron chi connectivity index (χ1n) is 6.67.